The highest BCUT2D eigenvalue weighted by atomic mass is 16.2. The minimum atomic E-state index is -0.232. The largest absolute Gasteiger partial charge is 0.289 e. The molecule has 0 radical (unpaired) electrons. The zero-order chi connectivity index (χ0) is 13.7. The summed E-state index contributed by atoms with van der Waals surface area (Å²) in [6.07, 6.45) is 0.758. The smallest absolute Gasteiger partial charge is 0.220 e. The van der Waals surface area contributed by atoms with Gasteiger partial charge in [-0.3, -0.25) is 19.3 Å². The molecule has 19 heavy (non-hydrogen) atoms. The van der Waals surface area contributed by atoms with Crippen LogP contribution in [0.5, 0.6) is 0 Å². The van der Waals surface area contributed by atoms with Gasteiger partial charge in [-0.15, -0.1) is 0 Å². The van der Waals surface area contributed by atoms with Crippen LogP contribution in [-0.2, 0) is 9.59 Å². The van der Waals surface area contributed by atoms with Gasteiger partial charge in [0, 0.05) is 11.1 Å². The van der Waals surface area contributed by atoms with E-state index in [2.05, 4.69) is 0 Å². The van der Waals surface area contributed by atoms with Crippen molar-refractivity contribution in [3.63, 3.8) is 0 Å². The highest BCUT2D eigenvalue weighted by Gasteiger charge is 2.16. The maximum absolute atomic E-state index is 12.3. The second-order valence-electron chi connectivity index (χ2n) is 3.83. The van der Waals surface area contributed by atoms with Gasteiger partial charge in [0.1, 0.15) is 0 Å². The van der Waals surface area contributed by atoms with Crippen LogP contribution in [0.2, 0.25) is 0 Å². The number of hydrogen-bond donors (Lipinski definition) is 0. The van der Waals surface area contributed by atoms with Gasteiger partial charge in [0.15, 0.2) is 5.78 Å². The lowest BCUT2D eigenvalue weighted by Gasteiger charge is -2.13. The zero-order valence-electron chi connectivity index (χ0n) is 10.0. The van der Waals surface area contributed by atoms with Gasteiger partial charge in [-0.05, 0) is 12.1 Å². The third-order valence-corrected chi connectivity index (χ3v) is 2.69. The summed E-state index contributed by atoms with van der Waals surface area (Å²) in [5.41, 5.74) is 1.10. The number of carbonyl (C=O) groups is 3. The monoisotopic (exact) mass is 253 g/mol. The number of hydrogen-bond acceptors (Lipinski definition) is 3. The number of rotatable bonds is 5. The first-order chi connectivity index (χ1) is 9.27. The van der Waals surface area contributed by atoms with Crippen LogP contribution >= 0.6 is 0 Å². The molecule has 0 saturated carbocycles. The molecule has 0 atom stereocenters. The fraction of sp³-hybridized carbons (Fsp3) is 0. The Labute approximate surface area is 110 Å². The molecule has 0 aliphatic rings. The van der Waals surface area contributed by atoms with Crippen molar-refractivity contribution in [1.82, 2.24) is 0 Å². The maximum Gasteiger partial charge on any atom is 0.220 e. The van der Waals surface area contributed by atoms with Crippen LogP contribution in [-0.4, -0.2) is 18.6 Å². The third-order valence-electron chi connectivity index (χ3n) is 2.69. The van der Waals surface area contributed by atoms with E-state index in [4.69, 9.17) is 0 Å². The topological polar surface area (TPSA) is 54.5 Å². The summed E-state index contributed by atoms with van der Waals surface area (Å²) in [7, 11) is 0. The highest BCUT2D eigenvalue weighted by Crippen LogP contribution is 2.21. The molecule has 4 heteroatoms. The van der Waals surface area contributed by atoms with Crippen molar-refractivity contribution in [2.45, 2.75) is 0 Å². The molecule has 2 rings (SSSR count). The van der Waals surface area contributed by atoms with Crippen LogP contribution in [0.15, 0.2) is 54.6 Å². The molecule has 2 aromatic carbocycles. The number of nitrogens with zero attached hydrogens (tertiary/aromatic N) is 1. The van der Waals surface area contributed by atoms with Crippen LogP contribution in [0.25, 0.3) is 0 Å². The van der Waals surface area contributed by atoms with E-state index in [1.54, 1.807) is 48.5 Å². The Morgan fingerprint density at radius 3 is 2.05 bits per heavy atom. The van der Waals surface area contributed by atoms with E-state index in [1.807, 2.05) is 6.07 Å². The molecule has 0 fully saturated rings. The molecule has 0 unspecified atom stereocenters. The number of imide groups is 1. The number of amides is 2. The normalized spacial score (nSPS) is 9.68. The number of benzene rings is 2. The number of anilines is 1. The van der Waals surface area contributed by atoms with Gasteiger partial charge >= 0.3 is 0 Å². The standard InChI is InChI=1S/C15H11NO3/c17-10-16(11-18)14-9-5-4-8-13(14)15(19)12-6-2-1-3-7-12/h1-11H. The first kappa shape index (κ1) is 12.7. The number of para-hydroxylation sites is 1. The van der Waals surface area contributed by atoms with Gasteiger partial charge in [0.05, 0.1) is 5.69 Å². The molecule has 2 amide bonds. The zero-order valence-corrected chi connectivity index (χ0v) is 10.0. The van der Waals surface area contributed by atoms with Gasteiger partial charge in [-0.25, -0.2) is 0 Å². The molecule has 0 aromatic heterocycles. The summed E-state index contributed by atoms with van der Waals surface area (Å²) in [4.78, 5) is 34.9. The molecule has 0 N–H and O–H groups in total. The predicted molar refractivity (Wildman–Crippen MR) is 70.9 cm³/mol. The lowest BCUT2D eigenvalue weighted by atomic mass is 10.0. The minimum absolute atomic E-state index is 0.232. The second-order valence-corrected chi connectivity index (χ2v) is 3.83. The molecular formula is C15H11NO3. The summed E-state index contributed by atoms with van der Waals surface area (Å²) >= 11 is 0. The lowest BCUT2D eigenvalue weighted by molar-refractivity contribution is -0.113. The molecule has 0 heterocycles. The minimum Gasteiger partial charge on any atom is -0.289 e. The lowest BCUT2D eigenvalue weighted by Crippen LogP contribution is -2.21. The first-order valence-corrected chi connectivity index (χ1v) is 5.65. The average Bonchev–Trinajstić information content (AvgIpc) is 2.49. The van der Waals surface area contributed by atoms with Crippen LogP contribution in [0.3, 0.4) is 0 Å². The van der Waals surface area contributed by atoms with E-state index in [1.165, 1.54) is 0 Å². The average molecular weight is 253 g/mol. The van der Waals surface area contributed by atoms with E-state index >= 15 is 0 Å². The summed E-state index contributed by atoms with van der Waals surface area (Å²) in [5, 5.41) is 0. The quantitative estimate of drug-likeness (QED) is 0.605. The van der Waals surface area contributed by atoms with Crippen LogP contribution < -0.4 is 4.90 Å². The van der Waals surface area contributed by atoms with E-state index < -0.39 is 0 Å². The molecular weight excluding hydrogens is 242 g/mol. The van der Waals surface area contributed by atoms with Gasteiger partial charge in [0.25, 0.3) is 0 Å². The highest BCUT2D eigenvalue weighted by molar-refractivity contribution is 6.15. The Kier molecular flexibility index (Phi) is 3.83. The van der Waals surface area contributed by atoms with Crippen molar-refractivity contribution in [2.24, 2.45) is 0 Å². The molecule has 0 saturated heterocycles. The first-order valence-electron chi connectivity index (χ1n) is 5.65. The Hall–Kier alpha value is -2.75. The maximum atomic E-state index is 12.3. The van der Waals surface area contributed by atoms with Crippen molar-refractivity contribution in [1.29, 1.82) is 0 Å². The summed E-state index contributed by atoms with van der Waals surface area (Å²) in [5.74, 6) is -0.232. The van der Waals surface area contributed by atoms with Gasteiger partial charge in [-0.1, -0.05) is 42.5 Å². The van der Waals surface area contributed by atoms with E-state index in [0.29, 0.717) is 23.9 Å². The van der Waals surface area contributed by atoms with Crippen molar-refractivity contribution < 1.29 is 14.4 Å². The fourth-order valence-electron chi connectivity index (χ4n) is 1.77. The molecule has 0 spiro atoms. The Bertz CT molecular complexity index is 600. The second kappa shape index (κ2) is 5.73. The van der Waals surface area contributed by atoms with E-state index in [-0.39, 0.29) is 11.5 Å². The van der Waals surface area contributed by atoms with Crippen LogP contribution in [0, 0.1) is 0 Å². The third kappa shape index (κ3) is 2.57. The Morgan fingerprint density at radius 2 is 1.42 bits per heavy atom. The van der Waals surface area contributed by atoms with Crippen molar-refractivity contribution in [2.75, 3.05) is 4.90 Å². The summed E-state index contributed by atoms with van der Waals surface area (Å²) < 4.78 is 0. The number of carbonyl (C=O) groups excluding carboxylic acids is 3. The van der Waals surface area contributed by atoms with Crippen molar-refractivity contribution >= 4 is 24.3 Å². The Balaban J connectivity index is 2.48. The molecule has 4 nitrogen and oxygen atoms in total. The van der Waals surface area contributed by atoms with Crippen molar-refractivity contribution in [3.8, 4) is 0 Å². The Morgan fingerprint density at radius 1 is 0.842 bits per heavy atom. The molecule has 94 valence electrons. The predicted octanol–water partition coefficient (Wildman–Crippen LogP) is 2.04. The van der Waals surface area contributed by atoms with Gasteiger partial charge < -0.3 is 0 Å². The van der Waals surface area contributed by atoms with Crippen LogP contribution in [0.1, 0.15) is 15.9 Å². The van der Waals surface area contributed by atoms with Crippen LogP contribution in [0.4, 0.5) is 5.69 Å². The summed E-state index contributed by atoms with van der Waals surface area (Å²) in [6, 6.07) is 15.2. The molecule has 0 bridgehead atoms. The van der Waals surface area contributed by atoms with Crippen molar-refractivity contribution in [3.05, 3.63) is 65.7 Å². The number of ketones is 1. The molecule has 0 aliphatic heterocycles. The van der Waals surface area contributed by atoms with E-state index in [9.17, 15) is 14.4 Å². The van der Waals surface area contributed by atoms with Gasteiger partial charge in [-0.2, -0.15) is 0 Å². The van der Waals surface area contributed by atoms with Gasteiger partial charge in [0.2, 0.25) is 12.8 Å². The fourth-order valence-corrected chi connectivity index (χ4v) is 1.77. The SMILES string of the molecule is O=CN(C=O)c1ccccc1C(=O)c1ccccc1. The van der Waals surface area contributed by atoms with E-state index in [0.717, 1.165) is 4.90 Å². The molecule has 2 aromatic rings. The summed E-state index contributed by atoms with van der Waals surface area (Å²) in [6.45, 7) is 0. The molecule has 0 aliphatic carbocycles.